The van der Waals surface area contributed by atoms with Crippen LogP contribution in [0.3, 0.4) is 0 Å². The van der Waals surface area contributed by atoms with Crippen molar-refractivity contribution in [3.05, 3.63) is 0 Å². The summed E-state index contributed by atoms with van der Waals surface area (Å²) in [4.78, 5) is 28.5. The second-order valence-electron chi connectivity index (χ2n) is 5.24. The van der Waals surface area contributed by atoms with Crippen molar-refractivity contribution in [2.75, 3.05) is 46.9 Å². The third kappa shape index (κ3) is 4.08. The molecule has 1 rings (SSSR count). The van der Waals surface area contributed by atoms with Crippen LogP contribution in [0.5, 0.6) is 0 Å². The zero-order valence-corrected chi connectivity index (χ0v) is 12.7. The van der Waals surface area contributed by atoms with Crippen LogP contribution in [0.1, 0.15) is 13.8 Å². The molecule has 2 atom stereocenters. The molecule has 1 aliphatic rings. The van der Waals surface area contributed by atoms with E-state index in [-0.39, 0.29) is 12.1 Å². The summed E-state index contributed by atoms with van der Waals surface area (Å²) in [6.07, 6.45) is 0. The van der Waals surface area contributed by atoms with E-state index in [0.717, 1.165) is 0 Å². The van der Waals surface area contributed by atoms with Crippen LogP contribution in [0.25, 0.3) is 0 Å². The molecular weight excluding hydrogens is 262 g/mol. The highest BCUT2D eigenvalue weighted by atomic mass is 16.5. The Labute approximate surface area is 120 Å². The summed E-state index contributed by atoms with van der Waals surface area (Å²) < 4.78 is 5.05. The number of ether oxygens (including phenoxy) is 1. The van der Waals surface area contributed by atoms with E-state index in [1.54, 1.807) is 30.9 Å². The fraction of sp³-hybridized carbons (Fsp3) is 0.846. The van der Waals surface area contributed by atoms with Gasteiger partial charge in [0.2, 0.25) is 0 Å². The topological polar surface area (TPSA) is 73.3 Å². The van der Waals surface area contributed by atoms with E-state index in [1.165, 1.54) is 0 Å². The molecule has 1 aliphatic heterocycles. The van der Waals surface area contributed by atoms with E-state index in [4.69, 9.17) is 9.84 Å². The molecule has 0 aliphatic carbocycles. The van der Waals surface area contributed by atoms with Crippen molar-refractivity contribution in [3.8, 4) is 0 Å². The van der Waals surface area contributed by atoms with E-state index >= 15 is 0 Å². The zero-order valence-electron chi connectivity index (χ0n) is 12.7. The normalized spacial score (nSPS) is 19.5. The minimum atomic E-state index is -0.824. The summed E-state index contributed by atoms with van der Waals surface area (Å²) in [6, 6.07) is -0.516. The molecule has 2 amide bonds. The summed E-state index contributed by atoms with van der Waals surface area (Å²) >= 11 is 0. The Balaban J connectivity index is 2.48. The highest BCUT2D eigenvalue weighted by Crippen LogP contribution is 2.10. The Bertz CT molecular complexity index is 343. The van der Waals surface area contributed by atoms with Gasteiger partial charge >= 0.3 is 12.0 Å². The van der Waals surface area contributed by atoms with Crippen molar-refractivity contribution < 1.29 is 19.4 Å². The van der Waals surface area contributed by atoms with Crippen molar-refractivity contribution in [2.24, 2.45) is 0 Å². The lowest BCUT2D eigenvalue weighted by Gasteiger charge is -2.39. The van der Waals surface area contributed by atoms with Crippen LogP contribution in [0, 0.1) is 0 Å². The molecule has 116 valence electrons. The Morgan fingerprint density at radius 1 is 1.25 bits per heavy atom. The maximum Gasteiger partial charge on any atom is 0.320 e. The smallest absolute Gasteiger partial charge is 0.320 e. The Kier molecular flexibility index (Phi) is 6.22. The molecule has 0 radical (unpaired) electrons. The standard InChI is InChI=1S/C13H25N3O4/c1-10(9-20-4)14(3)13(19)16-7-5-15(6-8-16)11(2)12(17)18/h10-11H,5-9H2,1-4H3,(H,17,18). The van der Waals surface area contributed by atoms with Crippen molar-refractivity contribution >= 4 is 12.0 Å². The number of carbonyl (C=O) groups excluding carboxylic acids is 1. The summed E-state index contributed by atoms with van der Waals surface area (Å²) in [7, 11) is 3.37. The van der Waals surface area contributed by atoms with Gasteiger partial charge in [-0.05, 0) is 13.8 Å². The van der Waals surface area contributed by atoms with Crippen LogP contribution in [0.2, 0.25) is 0 Å². The number of urea groups is 1. The lowest BCUT2D eigenvalue weighted by Crippen LogP contribution is -2.56. The molecule has 2 unspecified atom stereocenters. The first-order valence-electron chi connectivity index (χ1n) is 6.86. The number of carboxylic acid groups (broad SMARTS) is 1. The summed E-state index contributed by atoms with van der Waals surface area (Å²) in [6.45, 7) is 6.40. The highest BCUT2D eigenvalue weighted by Gasteiger charge is 2.29. The number of carboxylic acids is 1. The van der Waals surface area contributed by atoms with E-state index in [1.807, 2.05) is 11.8 Å². The average Bonchev–Trinajstić information content (AvgIpc) is 2.45. The molecule has 20 heavy (non-hydrogen) atoms. The molecule has 7 nitrogen and oxygen atoms in total. The van der Waals surface area contributed by atoms with Gasteiger partial charge in [0.15, 0.2) is 0 Å². The fourth-order valence-electron chi connectivity index (χ4n) is 2.22. The first-order chi connectivity index (χ1) is 9.38. The lowest BCUT2D eigenvalue weighted by molar-refractivity contribution is -0.143. The second-order valence-corrected chi connectivity index (χ2v) is 5.24. The third-order valence-corrected chi connectivity index (χ3v) is 3.86. The molecule has 0 aromatic carbocycles. The van der Waals surface area contributed by atoms with Crippen molar-refractivity contribution in [1.29, 1.82) is 0 Å². The molecule has 0 saturated carbocycles. The molecule has 0 bridgehead atoms. The van der Waals surface area contributed by atoms with Crippen LogP contribution < -0.4 is 0 Å². The predicted octanol–water partition coefficient (Wildman–Crippen LogP) is 0.164. The first kappa shape index (κ1) is 16.7. The third-order valence-electron chi connectivity index (χ3n) is 3.86. The number of amides is 2. The van der Waals surface area contributed by atoms with Crippen LogP contribution in [0.4, 0.5) is 4.79 Å². The maximum atomic E-state index is 12.3. The van der Waals surface area contributed by atoms with Crippen molar-refractivity contribution in [1.82, 2.24) is 14.7 Å². The summed E-state index contributed by atoms with van der Waals surface area (Å²) in [5.74, 6) is -0.824. The number of aliphatic carboxylic acids is 1. The molecule has 0 aromatic heterocycles. The molecule has 1 saturated heterocycles. The largest absolute Gasteiger partial charge is 0.480 e. The lowest BCUT2D eigenvalue weighted by atomic mass is 10.2. The van der Waals surface area contributed by atoms with Crippen LogP contribution in [0.15, 0.2) is 0 Å². The monoisotopic (exact) mass is 287 g/mol. The minimum Gasteiger partial charge on any atom is -0.480 e. The number of methoxy groups -OCH3 is 1. The van der Waals surface area contributed by atoms with Gasteiger partial charge in [0.25, 0.3) is 0 Å². The fourth-order valence-corrected chi connectivity index (χ4v) is 2.22. The number of piperazine rings is 1. The number of hydrogen-bond acceptors (Lipinski definition) is 4. The maximum absolute atomic E-state index is 12.3. The van der Waals surface area contributed by atoms with Crippen LogP contribution in [-0.4, -0.2) is 90.8 Å². The van der Waals surface area contributed by atoms with Gasteiger partial charge in [0.05, 0.1) is 12.6 Å². The van der Waals surface area contributed by atoms with Gasteiger partial charge in [-0.1, -0.05) is 0 Å². The average molecular weight is 287 g/mol. The van der Waals surface area contributed by atoms with E-state index in [2.05, 4.69) is 0 Å². The highest BCUT2D eigenvalue weighted by molar-refractivity contribution is 5.75. The molecule has 0 spiro atoms. The molecular formula is C13H25N3O4. The molecule has 7 heteroatoms. The number of carbonyl (C=O) groups is 2. The number of rotatable bonds is 5. The van der Waals surface area contributed by atoms with Gasteiger partial charge in [-0.3, -0.25) is 9.69 Å². The zero-order chi connectivity index (χ0) is 15.3. The number of hydrogen-bond donors (Lipinski definition) is 1. The number of likely N-dealkylation sites (N-methyl/N-ethyl adjacent to an activating group) is 1. The molecule has 0 aromatic rings. The van der Waals surface area contributed by atoms with E-state index in [9.17, 15) is 9.59 Å². The first-order valence-corrected chi connectivity index (χ1v) is 6.86. The van der Waals surface area contributed by atoms with E-state index in [0.29, 0.717) is 32.8 Å². The quantitative estimate of drug-likeness (QED) is 0.780. The van der Waals surface area contributed by atoms with Crippen molar-refractivity contribution in [2.45, 2.75) is 25.9 Å². The summed E-state index contributed by atoms with van der Waals surface area (Å²) in [5, 5.41) is 8.99. The van der Waals surface area contributed by atoms with Crippen LogP contribution >= 0.6 is 0 Å². The van der Waals surface area contributed by atoms with Gasteiger partial charge in [-0.2, -0.15) is 0 Å². The van der Waals surface area contributed by atoms with E-state index < -0.39 is 12.0 Å². The minimum absolute atomic E-state index is 0.0171. The Hall–Kier alpha value is -1.34. The van der Waals surface area contributed by atoms with Gasteiger partial charge < -0.3 is 19.6 Å². The Morgan fingerprint density at radius 3 is 2.25 bits per heavy atom. The van der Waals surface area contributed by atoms with Gasteiger partial charge in [0.1, 0.15) is 6.04 Å². The molecule has 1 heterocycles. The predicted molar refractivity (Wildman–Crippen MR) is 74.7 cm³/mol. The summed E-state index contributed by atoms with van der Waals surface area (Å²) in [5.41, 5.74) is 0. The second kappa shape index (κ2) is 7.44. The SMILES string of the molecule is COCC(C)N(C)C(=O)N1CCN(C(C)C(=O)O)CC1. The van der Waals surface area contributed by atoms with Crippen molar-refractivity contribution in [3.63, 3.8) is 0 Å². The molecule has 1 N–H and O–H groups in total. The van der Waals surface area contributed by atoms with Crippen LogP contribution in [-0.2, 0) is 9.53 Å². The van der Waals surface area contributed by atoms with Gasteiger partial charge in [-0.25, -0.2) is 4.79 Å². The Morgan fingerprint density at radius 2 is 1.80 bits per heavy atom. The number of nitrogens with zero attached hydrogens (tertiary/aromatic N) is 3. The van der Waals surface area contributed by atoms with Gasteiger partial charge in [0, 0.05) is 40.3 Å². The molecule has 1 fully saturated rings. The van der Waals surface area contributed by atoms with Gasteiger partial charge in [-0.15, -0.1) is 0 Å².